The predicted molar refractivity (Wildman–Crippen MR) is 64.5 cm³/mol. The van der Waals surface area contributed by atoms with Crippen LogP contribution in [0.4, 0.5) is 0 Å². The Kier molecular flexibility index (Phi) is 5.22. The van der Waals surface area contributed by atoms with Gasteiger partial charge in [-0.1, -0.05) is 13.8 Å². The average molecular weight is 273 g/mol. The average Bonchev–Trinajstić information content (AvgIpc) is 2.20. The molecule has 0 aliphatic rings. The van der Waals surface area contributed by atoms with E-state index in [-0.39, 0.29) is 12.0 Å². The minimum absolute atomic E-state index is 0.287. The lowest BCUT2D eigenvalue weighted by molar-refractivity contribution is 0.123. The highest BCUT2D eigenvalue weighted by Gasteiger charge is 2.07. The molecule has 0 fully saturated rings. The van der Waals surface area contributed by atoms with E-state index in [2.05, 4.69) is 26.2 Å². The molecule has 0 aliphatic heterocycles. The van der Waals surface area contributed by atoms with Gasteiger partial charge in [0.2, 0.25) is 0 Å². The van der Waals surface area contributed by atoms with E-state index < -0.39 is 0 Å². The molecule has 0 radical (unpaired) electrons. The van der Waals surface area contributed by atoms with E-state index in [0.717, 1.165) is 10.2 Å². The molecule has 0 aliphatic carbocycles. The van der Waals surface area contributed by atoms with Gasteiger partial charge in [0.1, 0.15) is 0 Å². The number of rotatable bonds is 5. The lowest BCUT2D eigenvalue weighted by Gasteiger charge is -2.14. The molecule has 1 aromatic heterocycles. The van der Waals surface area contributed by atoms with Crippen molar-refractivity contribution in [3.05, 3.63) is 28.5 Å². The summed E-state index contributed by atoms with van der Waals surface area (Å²) in [5.41, 5.74) is 0.981. The summed E-state index contributed by atoms with van der Waals surface area (Å²) < 4.78 is 0.980. The van der Waals surface area contributed by atoms with Crippen LogP contribution in [0.25, 0.3) is 0 Å². The fraction of sp³-hybridized carbons (Fsp3) is 0.545. The topological polar surface area (TPSA) is 45.1 Å². The van der Waals surface area contributed by atoms with Crippen molar-refractivity contribution in [2.45, 2.75) is 26.5 Å². The molecule has 0 spiro atoms. The van der Waals surface area contributed by atoms with Crippen LogP contribution >= 0.6 is 15.9 Å². The number of hydrogen-bond donors (Lipinski definition) is 2. The molecule has 1 unspecified atom stereocenters. The van der Waals surface area contributed by atoms with Gasteiger partial charge in [-0.2, -0.15) is 0 Å². The Balaban J connectivity index is 2.29. The van der Waals surface area contributed by atoms with Crippen LogP contribution in [-0.4, -0.2) is 22.7 Å². The van der Waals surface area contributed by atoms with E-state index in [0.29, 0.717) is 13.1 Å². The molecule has 1 rings (SSSR count). The van der Waals surface area contributed by atoms with Crippen molar-refractivity contribution < 1.29 is 5.11 Å². The maximum absolute atomic E-state index is 9.56. The van der Waals surface area contributed by atoms with Crippen LogP contribution in [0.3, 0.4) is 0 Å². The Morgan fingerprint density at radius 3 is 2.73 bits per heavy atom. The van der Waals surface area contributed by atoms with E-state index in [4.69, 9.17) is 0 Å². The molecule has 2 N–H and O–H groups in total. The van der Waals surface area contributed by atoms with Gasteiger partial charge in [-0.25, -0.2) is 0 Å². The number of pyridine rings is 1. The maximum Gasteiger partial charge on any atom is 0.0687 e. The van der Waals surface area contributed by atoms with Crippen LogP contribution in [0.1, 0.15) is 19.5 Å². The standard InChI is InChI=1S/C11H17BrN2O/c1-8(2)11(15)7-13-6-10-4-3-9(12)5-14-10/h3-5,8,11,13,15H,6-7H2,1-2H3. The molecule has 0 amide bonds. The van der Waals surface area contributed by atoms with Crippen molar-refractivity contribution in [2.24, 2.45) is 5.92 Å². The number of aliphatic hydroxyl groups excluding tert-OH is 1. The number of nitrogens with one attached hydrogen (secondary N) is 1. The summed E-state index contributed by atoms with van der Waals surface area (Å²) in [7, 11) is 0. The molecular weight excluding hydrogens is 256 g/mol. The van der Waals surface area contributed by atoms with Gasteiger partial charge >= 0.3 is 0 Å². The Bertz CT molecular complexity index is 287. The van der Waals surface area contributed by atoms with E-state index >= 15 is 0 Å². The zero-order valence-electron chi connectivity index (χ0n) is 9.07. The van der Waals surface area contributed by atoms with Crippen molar-refractivity contribution in [2.75, 3.05) is 6.54 Å². The summed E-state index contributed by atoms with van der Waals surface area (Å²) in [6, 6.07) is 3.92. The molecular formula is C11H17BrN2O. The molecule has 3 nitrogen and oxygen atoms in total. The van der Waals surface area contributed by atoms with Gasteiger partial charge in [-0.3, -0.25) is 4.98 Å². The molecule has 0 saturated carbocycles. The fourth-order valence-corrected chi connectivity index (χ4v) is 1.33. The van der Waals surface area contributed by atoms with Gasteiger partial charge in [-0.15, -0.1) is 0 Å². The second-order valence-electron chi connectivity index (χ2n) is 3.91. The van der Waals surface area contributed by atoms with Crippen LogP contribution in [-0.2, 0) is 6.54 Å². The Hall–Kier alpha value is -0.450. The number of aromatic nitrogens is 1. The minimum Gasteiger partial charge on any atom is -0.392 e. The zero-order valence-corrected chi connectivity index (χ0v) is 10.7. The molecule has 0 aromatic carbocycles. The summed E-state index contributed by atoms with van der Waals surface area (Å²) in [6.07, 6.45) is 1.48. The lowest BCUT2D eigenvalue weighted by atomic mass is 10.1. The third kappa shape index (κ3) is 4.73. The van der Waals surface area contributed by atoms with E-state index in [1.807, 2.05) is 26.0 Å². The third-order valence-electron chi connectivity index (χ3n) is 2.22. The summed E-state index contributed by atoms with van der Waals surface area (Å²) in [5.74, 6) is 0.287. The molecule has 15 heavy (non-hydrogen) atoms. The first-order valence-electron chi connectivity index (χ1n) is 5.09. The highest BCUT2D eigenvalue weighted by atomic mass is 79.9. The van der Waals surface area contributed by atoms with Crippen LogP contribution in [0, 0.1) is 5.92 Å². The SMILES string of the molecule is CC(C)C(O)CNCc1ccc(Br)cn1. The van der Waals surface area contributed by atoms with Gasteiger partial charge < -0.3 is 10.4 Å². The van der Waals surface area contributed by atoms with Crippen LogP contribution in [0.15, 0.2) is 22.8 Å². The smallest absolute Gasteiger partial charge is 0.0687 e. The summed E-state index contributed by atoms with van der Waals surface area (Å²) >= 11 is 3.33. The molecule has 1 aromatic rings. The predicted octanol–water partition coefficient (Wildman–Crippen LogP) is 1.95. The Labute approximate surface area is 99.1 Å². The van der Waals surface area contributed by atoms with E-state index in [1.165, 1.54) is 0 Å². The van der Waals surface area contributed by atoms with Gasteiger partial charge in [0.25, 0.3) is 0 Å². The first kappa shape index (κ1) is 12.6. The molecule has 1 atom stereocenters. The molecule has 4 heteroatoms. The van der Waals surface area contributed by atoms with Crippen molar-refractivity contribution in [1.29, 1.82) is 0 Å². The number of halogens is 1. The van der Waals surface area contributed by atoms with Crippen LogP contribution < -0.4 is 5.32 Å². The molecule has 1 heterocycles. The maximum atomic E-state index is 9.56. The normalized spacial score (nSPS) is 13.1. The second kappa shape index (κ2) is 6.20. The van der Waals surface area contributed by atoms with Crippen molar-refractivity contribution >= 4 is 15.9 Å². The largest absolute Gasteiger partial charge is 0.392 e. The molecule has 84 valence electrons. The third-order valence-corrected chi connectivity index (χ3v) is 2.69. The zero-order chi connectivity index (χ0) is 11.3. The minimum atomic E-state index is -0.291. The van der Waals surface area contributed by atoms with Crippen molar-refractivity contribution in [3.8, 4) is 0 Å². The van der Waals surface area contributed by atoms with Gasteiger partial charge in [-0.05, 0) is 34.0 Å². The molecule has 0 bridgehead atoms. The van der Waals surface area contributed by atoms with Gasteiger partial charge in [0.15, 0.2) is 0 Å². The highest BCUT2D eigenvalue weighted by molar-refractivity contribution is 9.10. The Morgan fingerprint density at radius 2 is 2.20 bits per heavy atom. The van der Waals surface area contributed by atoms with Gasteiger partial charge in [0, 0.05) is 23.8 Å². The Morgan fingerprint density at radius 1 is 1.47 bits per heavy atom. The highest BCUT2D eigenvalue weighted by Crippen LogP contribution is 2.07. The fourth-order valence-electron chi connectivity index (χ4n) is 1.09. The first-order chi connectivity index (χ1) is 7.09. The summed E-state index contributed by atoms with van der Waals surface area (Å²) in [4.78, 5) is 4.23. The van der Waals surface area contributed by atoms with Gasteiger partial charge in [0.05, 0.1) is 11.8 Å². The number of hydrogen-bond acceptors (Lipinski definition) is 3. The van der Waals surface area contributed by atoms with Crippen molar-refractivity contribution in [3.63, 3.8) is 0 Å². The van der Waals surface area contributed by atoms with Crippen molar-refractivity contribution in [1.82, 2.24) is 10.3 Å². The quantitative estimate of drug-likeness (QED) is 0.862. The summed E-state index contributed by atoms with van der Waals surface area (Å²) in [6.45, 7) is 5.31. The van der Waals surface area contributed by atoms with Crippen LogP contribution in [0.5, 0.6) is 0 Å². The summed E-state index contributed by atoms with van der Waals surface area (Å²) in [5, 5.41) is 12.7. The lowest BCUT2D eigenvalue weighted by Crippen LogP contribution is -2.30. The number of nitrogens with zero attached hydrogens (tertiary/aromatic N) is 1. The van der Waals surface area contributed by atoms with Crippen LogP contribution in [0.2, 0.25) is 0 Å². The first-order valence-corrected chi connectivity index (χ1v) is 5.88. The number of aliphatic hydroxyl groups is 1. The monoisotopic (exact) mass is 272 g/mol. The second-order valence-corrected chi connectivity index (χ2v) is 4.83. The molecule has 0 saturated heterocycles. The van der Waals surface area contributed by atoms with E-state index in [9.17, 15) is 5.11 Å². The van der Waals surface area contributed by atoms with E-state index in [1.54, 1.807) is 6.20 Å².